The number of benzene rings is 1. The molecular weight excluding hydrogens is 318 g/mol. The van der Waals surface area contributed by atoms with E-state index in [2.05, 4.69) is 33.4 Å². The molecule has 1 atom stereocenters. The number of carbonyl (C=O) groups excluding carboxylic acids is 1. The molecule has 1 aliphatic rings. The first-order valence-electron chi connectivity index (χ1n) is 7.10. The van der Waals surface area contributed by atoms with Gasteiger partial charge in [0.05, 0.1) is 0 Å². The summed E-state index contributed by atoms with van der Waals surface area (Å²) in [6.45, 7) is 4.28. The van der Waals surface area contributed by atoms with E-state index in [1.807, 2.05) is 17.9 Å². The van der Waals surface area contributed by atoms with Crippen molar-refractivity contribution in [2.75, 3.05) is 25.0 Å². The number of amides is 1. The van der Waals surface area contributed by atoms with E-state index < -0.39 is 0 Å². The number of carbonyl (C=O) groups is 1. The van der Waals surface area contributed by atoms with Crippen LogP contribution in [0.3, 0.4) is 0 Å². The largest absolute Gasteiger partial charge is 0.380 e. The highest BCUT2D eigenvalue weighted by atomic mass is 79.9. The molecule has 1 aliphatic heterocycles. The molecule has 1 amide bonds. The molecule has 0 radical (unpaired) electrons. The summed E-state index contributed by atoms with van der Waals surface area (Å²) in [5.74, 6) is 0.206. The normalized spacial score (nSPS) is 16.2. The highest BCUT2D eigenvalue weighted by Crippen LogP contribution is 2.20. The van der Waals surface area contributed by atoms with E-state index in [1.165, 1.54) is 5.56 Å². The van der Waals surface area contributed by atoms with E-state index in [-0.39, 0.29) is 11.9 Å². The van der Waals surface area contributed by atoms with Crippen molar-refractivity contribution in [1.29, 1.82) is 0 Å². The SMILES string of the molecule is Cc1cc(Br)cc(NC(CN)CC(=O)N2CCCC2)c1. The first-order valence-corrected chi connectivity index (χ1v) is 7.89. The summed E-state index contributed by atoms with van der Waals surface area (Å²) >= 11 is 3.48. The van der Waals surface area contributed by atoms with Gasteiger partial charge in [0, 0.05) is 42.3 Å². The predicted octanol–water partition coefficient (Wildman–Crippen LogP) is 2.51. The number of nitrogens with zero attached hydrogens (tertiary/aromatic N) is 1. The number of aryl methyl sites for hydroxylation is 1. The molecule has 0 saturated carbocycles. The van der Waals surface area contributed by atoms with Gasteiger partial charge in [-0.1, -0.05) is 15.9 Å². The molecule has 0 aliphatic carbocycles. The lowest BCUT2D eigenvalue weighted by Crippen LogP contribution is -2.37. The summed E-state index contributed by atoms with van der Waals surface area (Å²) in [7, 11) is 0. The van der Waals surface area contributed by atoms with Gasteiger partial charge < -0.3 is 16.0 Å². The van der Waals surface area contributed by atoms with Crippen LogP contribution in [0, 0.1) is 6.92 Å². The summed E-state index contributed by atoms with van der Waals surface area (Å²) in [6, 6.07) is 6.11. The Morgan fingerprint density at radius 1 is 1.40 bits per heavy atom. The molecule has 1 heterocycles. The molecular formula is C15H22BrN3O. The highest BCUT2D eigenvalue weighted by Gasteiger charge is 2.21. The highest BCUT2D eigenvalue weighted by molar-refractivity contribution is 9.10. The summed E-state index contributed by atoms with van der Waals surface area (Å²) in [5.41, 5.74) is 7.97. The van der Waals surface area contributed by atoms with Crippen LogP contribution in [-0.4, -0.2) is 36.5 Å². The Morgan fingerprint density at radius 2 is 2.10 bits per heavy atom. The van der Waals surface area contributed by atoms with E-state index in [1.54, 1.807) is 0 Å². The molecule has 0 spiro atoms. The molecule has 0 aromatic heterocycles. The van der Waals surface area contributed by atoms with Crippen molar-refractivity contribution in [2.45, 2.75) is 32.2 Å². The fourth-order valence-corrected chi connectivity index (χ4v) is 3.16. The smallest absolute Gasteiger partial charge is 0.224 e. The third kappa shape index (κ3) is 4.21. The topological polar surface area (TPSA) is 58.4 Å². The first kappa shape index (κ1) is 15.3. The van der Waals surface area contributed by atoms with Crippen molar-refractivity contribution in [2.24, 2.45) is 5.73 Å². The maximum Gasteiger partial charge on any atom is 0.224 e. The molecule has 1 saturated heterocycles. The van der Waals surface area contributed by atoms with Crippen molar-refractivity contribution in [3.63, 3.8) is 0 Å². The van der Waals surface area contributed by atoms with Gasteiger partial charge in [-0.05, 0) is 43.5 Å². The summed E-state index contributed by atoms with van der Waals surface area (Å²) in [6.07, 6.45) is 2.70. The lowest BCUT2D eigenvalue weighted by molar-refractivity contribution is -0.130. The molecule has 1 fully saturated rings. The standard InChI is InChI=1S/C15H22BrN3O/c1-11-6-12(16)8-13(7-11)18-14(10-17)9-15(20)19-4-2-3-5-19/h6-8,14,18H,2-5,9-10,17H2,1H3. The Hall–Kier alpha value is -1.07. The maximum absolute atomic E-state index is 12.2. The molecule has 20 heavy (non-hydrogen) atoms. The Labute approximate surface area is 128 Å². The zero-order chi connectivity index (χ0) is 14.5. The number of rotatable bonds is 5. The van der Waals surface area contributed by atoms with Gasteiger partial charge in [-0.15, -0.1) is 0 Å². The van der Waals surface area contributed by atoms with E-state index in [0.717, 1.165) is 36.1 Å². The Bertz CT molecular complexity index is 452. The second-order valence-corrected chi connectivity index (χ2v) is 6.30. The predicted molar refractivity (Wildman–Crippen MR) is 85.8 cm³/mol. The van der Waals surface area contributed by atoms with Gasteiger partial charge >= 0.3 is 0 Å². The Morgan fingerprint density at radius 3 is 2.70 bits per heavy atom. The molecule has 110 valence electrons. The minimum atomic E-state index is -0.0169. The van der Waals surface area contributed by atoms with Crippen LogP contribution in [0.4, 0.5) is 5.69 Å². The quantitative estimate of drug-likeness (QED) is 0.866. The van der Waals surface area contributed by atoms with Crippen LogP contribution >= 0.6 is 15.9 Å². The molecule has 1 aromatic rings. The zero-order valence-electron chi connectivity index (χ0n) is 11.9. The first-order chi connectivity index (χ1) is 9.58. The van der Waals surface area contributed by atoms with Crippen LogP contribution < -0.4 is 11.1 Å². The van der Waals surface area contributed by atoms with Crippen molar-refractivity contribution >= 4 is 27.5 Å². The van der Waals surface area contributed by atoms with Gasteiger partial charge in [-0.25, -0.2) is 0 Å². The van der Waals surface area contributed by atoms with Crippen LogP contribution in [-0.2, 0) is 4.79 Å². The number of hydrogen-bond acceptors (Lipinski definition) is 3. The number of halogens is 1. The molecule has 5 heteroatoms. The van der Waals surface area contributed by atoms with Crippen LogP contribution in [0.25, 0.3) is 0 Å². The molecule has 3 N–H and O–H groups in total. The summed E-state index contributed by atoms with van der Waals surface area (Å²) in [5, 5.41) is 3.36. The van der Waals surface area contributed by atoms with Gasteiger partial charge in [0.25, 0.3) is 0 Å². The average Bonchev–Trinajstić information content (AvgIpc) is 2.90. The van der Waals surface area contributed by atoms with Crippen molar-refractivity contribution in [3.8, 4) is 0 Å². The number of nitrogens with two attached hydrogens (primary N) is 1. The van der Waals surface area contributed by atoms with Crippen molar-refractivity contribution < 1.29 is 4.79 Å². The lowest BCUT2D eigenvalue weighted by atomic mass is 10.1. The second kappa shape index (κ2) is 7.09. The van der Waals surface area contributed by atoms with E-state index in [0.29, 0.717) is 13.0 Å². The number of hydrogen-bond donors (Lipinski definition) is 2. The van der Waals surface area contributed by atoms with Crippen LogP contribution in [0.1, 0.15) is 24.8 Å². The Balaban J connectivity index is 1.95. The fraction of sp³-hybridized carbons (Fsp3) is 0.533. The molecule has 1 aromatic carbocycles. The van der Waals surface area contributed by atoms with Gasteiger partial charge in [0.2, 0.25) is 5.91 Å². The molecule has 2 rings (SSSR count). The summed E-state index contributed by atoms with van der Waals surface area (Å²) in [4.78, 5) is 14.1. The number of likely N-dealkylation sites (tertiary alicyclic amines) is 1. The minimum Gasteiger partial charge on any atom is -0.380 e. The molecule has 4 nitrogen and oxygen atoms in total. The van der Waals surface area contributed by atoms with Gasteiger partial charge in [0.1, 0.15) is 0 Å². The number of nitrogens with one attached hydrogen (secondary N) is 1. The van der Waals surface area contributed by atoms with Crippen molar-refractivity contribution in [1.82, 2.24) is 4.90 Å². The van der Waals surface area contributed by atoms with Gasteiger partial charge in [0.15, 0.2) is 0 Å². The average molecular weight is 340 g/mol. The lowest BCUT2D eigenvalue weighted by Gasteiger charge is -2.22. The third-order valence-corrected chi connectivity index (χ3v) is 4.04. The van der Waals surface area contributed by atoms with Crippen LogP contribution in [0.15, 0.2) is 22.7 Å². The maximum atomic E-state index is 12.2. The molecule has 0 bridgehead atoms. The summed E-state index contributed by atoms with van der Waals surface area (Å²) < 4.78 is 1.03. The van der Waals surface area contributed by atoms with Crippen LogP contribution in [0.5, 0.6) is 0 Å². The second-order valence-electron chi connectivity index (χ2n) is 5.39. The molecule has 1 unspecified atom stereocenters. The minimum absolute atomic E-state index is 0.0169. The third-order valence-electron chi connectivity index (χ3n) is 3.58. The zero-order valence-corrected chi connectivity index (χ0v) is 13.4. The van der Waals surface area contributed by atoms with Gasteiger partial charge in [-0.3, -0.25) is 4.79 Å². The Kier molecular flexibility index (Phi) is 5.43. The fourth-order valence-electron chi connectivity index (χ4n) is 2.56. The van der Waals surface area contributed by atoms with E-state index in [4.69, 9.17) is 5.73 Å². The van der Waals surface area contributed by atoms with E-state index in [9.17, 15) is 4.79 Å². The number of anilines is 1. The van der Waals surface area contributed by atoms with Crippen molar-refractivity contribution in [3.05, 3.63) is 28.2 Å². The van der Waals surface area contributed by atoms with E-state index >= 15 is 0 Å². The van der Waals surface area contributed by atoms with Crippen LogP contribution in [0.2, 0.25) is 0 Å². The van der Waals surface area contributed by atoms with Gasteiger partial charge in [-0.2, -0.15) is 0 Å². The monoisotopic (exact) mass is 339 g/mol.